The highest BCUT2D eigenvalue weighted by Crippen LogP contribution is 2.26. The number of likely N-dealkylation sites (tertiary alicyclic amines) is 1. The summed E-state index contributed by atoms with van der Waals surface area (Å²) in [6.07, 6.45) is -2.91. The minimum Gasteiger partial charge on any atom is -0.476 e. The van der Waals surface area contributed by atoms with Gasteiger partial charge in [-0.15, -0.1) is 5.10 Å². The van der Waals surface area contributed by atoms with E-state index in [4.69, 9.17) is 5.11 Å². The number of alkyl halides is 3. The minimum atomic E-state index is -4.91. The Morgan fingerprint density at radius 1 is 1.45 bits per heavy atom. The molecule has 20 heavy (non-hydrogen) atoms. The van der Waals surface area contributed by atoms with Crippen molar-refractivity contribution in [3.8, 4) is 0 Å². The average molecular weight is 292 g/mol. The minimum absolute atomic E-state index is 0.0118. The van der Waals surface area contributed by atoms with Crippen LogP contribution in [0.25, 0.3) is 0 Å². The van der Waals surface area contributed by atoms with Crippen molar-refractivity contribution < 1.29 is 27.9 Å². The molecule has 1 saturated heterocycles. The number of amides is 1. The Labute approximate surface area is 111 Å². The highest BCUT2D eigenvalue weighted by atomic mass is 19.4. The van der Waals surface area contributed by atoms with Gasteiger partial charge in [0.1, 0.15) is 0 Å². The van der Waals surface area contributed by atoms with Gasteiger partial charge < -0.3 is 10.0 Å². The number of carbonyl (C=O) groups excluding carboxylic acids is 1. The Hall–Kier alpha value is -2.13. The molecule has 1 aromatic heterocycles. The lowest BCUT2D eigenvalue weighted by Gasteiger charge is -2.25. The van der Waals surface area contributed by atoms with Crippen LogP contribution in [0.15, 0.2) is 6.20 Å². The third-order valence-corrected chi connectivity index (χ3v) is 3.04. The van der Waals surface area contributed by atoms with Crippen molar-refractivity contribution in [3.63, 3.8) is 0 Å². The van der Waals surface area contributed by atoms with E-state index in [1.54, 1.807) is 0 Å². The SMILES string of the molecule is O=C(O)c1cn(CC2CCCN2C(=O)C(F)(F)F)nn1. The van der Waals surface area contributed by atoms with Crippen LogP contribution in [0.5, 0.6) is 0 Å². The van der Waals surface area contributed by atoms with Gasteiger partial charge in [0.25, 0.3) is 0 Å². The molecule has 1 aromatic rings. The molecule has 10 heteroatoms. The monoisotopic (exact) mass is 292 g/mol. The van der Waals surface area contributed by atoms with Crippen LogP contribution in [0.4, 0.5) is 13.2 Å². The first-order chi connectivity index (χ1) is 9.29. The van der Waals surface area contributed by atoms with Crippen LogP contribution < -0.4 is 0 Å². The summed E-state index contributed by atoms with van der Waals surface area (Å²) in [7, 11) is 0. The number of hydrogen-bond acceptors (Lipinski definition) is 4. The number of hydrogen-bond donors (Lipinski definition) is 1. The Kier molecular flexibility index (Phi) is 3.64. The summed E-state index contributed by atoms with van der Waals surface area (Å²) in [6, 6.07) is -0.660. The Morgan fingerprint density at radius 3 is 2.70 bits per heavy atom. The molecule has 1 atom stereocenters. The van der Waals surface area contributed by atoms with Crippen LogP contribution in [-0.4, -0.2) is 55.6 Å². The highest BCUT2D eigenvalue weighted by molar-refractivity contribution is 5.84. The molecule has 0 saturated carbocycles. The van der Waals surface area contributed by atoms with E-state index in [0.717, 1.165) is 15.8 Å². The smallest absolute Gasteiger partial charge is 0.471 e. The Morgan fingerprint density at radius 2 is 2.15 bits per heavy atom. The third-order valence-electron chi connectivity index (χ3n) is 3.04. The number of aromatic nitrogens is 3. The van der Waals surface area contributed by atoms with Crippen LogP contribution in [-0.2, 0) is 11.3 Å². The highest BCUT2D eigenvalue weighted by Gasteiger charge is 2.46. The fraction of sp³-hybridized carbons (Fsp3) is 0.600. The summed E-state index contributed by atoms with van der Waals surface area (Å²) in [5.74, 6) is -3.15. The lowest BCUT2D eigenvalue weighted by Crippen LogP contribution is -2.45. The van der Waals surface area contributed by atoms with E-state index in [1.807, 2.05) is 0 Å². The van der Waals surface area contributed by atoms with Crippen molar-refractivity contribution in [2.24, 2.45) is 0 Å². The standard InChI is InChI=1S/C10H11F3N4O3/c11-10(12,13)9(20)17-3-1-2-6(17)4-16-5-7(8(18)19)14-15-16/h5-6H,1-4H2,(H,18,19). The number of carboxylic acid groups (broad SMARTS) is 1. The molecular formula is C10H11F3N4O3. The molecular weight excluding hydrogens is 281 g/mol. The molecule has 1 unspecified atom stereocenters. The summed E-state index contributed by atoms with van der Waals surface area (Å²) < 4.78 is 38.4. The van der Waals surface area contributed by atoms with E-state index in [1.165, 1.54) is 0 Å². The molecule has 1 N–H and O–H groups in total. The van der Waals surface area contributed by atoms with Gasteiger partial charge in [0.05, 0.1) is 18.8 Å². The van der Waals surface area contributed by atoms with Crippen LogP contribution in [0.1, 0.15) is 23.3 Å². The predicted molar refractivity (Wildman–Crippen MR) is 57.8 cm³/mol. The first-order valence-electron chi connectivity index (χ1n) is 5.80. The molecule has 1 aliphatic heterocycles. The van der Waals surface area contributed by atoms with Gasteiger partial charge in [-0.2, -0.15) is 13.2 Å². The molecule has 1 amide bonds. The van der Waals surface area contributed by atoms with Gasteiger partial charge in [-0.1, -0.05) is 5.21 Å². The summed E-state index contributed by atoms with van der Waals surface area (Å²) in [6.45, 7) is 0.0194. The molecule has 7 nitrogen and oxygen atoms in total. The summed E-state index contributed by atoms with van der Waals surface area (Å²) in [5, 5.41) is 15.6. The maximum Gasteiger partial charge on any atom is 0.471 e. The molecule has 110 valence electrons. The molecule has 0 aliphatic carbocycles. The first kappa shape index (κ1) is 14.3. The van der Waals surface area contributed by atoms with Gasteiger partial charge in [-0.05, 0) is 12.8 Å². The van der Waals surface area contributed by atoms with E-state index < -0.39 is 24.1 Å². The van der Waals surface area contributed by atoms with Crippen molar-refractivity contribution in [2.45, 2.75) is 31.6 Å². The second-order valence-electron chi connectivity index (χ2n) is 4.42. The van der Waals surface area contributed by atoms with Crippen LogP contribution in [0, 0.1) is 0 Å². The van der Waals surface area contributed by atoms with Gasteiger partial charge in [-0.25, -0.2) is 9.48 Å². The van der Waals surface area contributed by atoms with E-state index in [-0.39, 0.29) is 18.8 Å². The molecule has 1 fully saturated rings. The van der Waals surface area contributed by atoms with E-state index >= 15 is 0 Å². The van der Waals surface area contributed by atoms with E-state index in [9.17, 15) is 22.8 Å². The van der Waals surface area contributed by atoms with Crippen molar-refractivity contribution in [2.75, 3.05) is 6.54 Å². The number of carboxylic acids is 1. The topological polar surface area (TPSA) is 88.3 Å². The molecule has 0 spiro atoms. The van der Waals surface area contributed by atoms with Crippen molar-refractivity contribution in [1.29, 1.82) is 0 Å². The number of aromatic carboxylic acids is 1. The van der Waals surface area contributed by atoms with Crippen LogP contribution in [0.2, 0.25) is 0 Å². The fourth-order valence-corrected chi connectivity index (χ4v) is 2.16. The zero-order chi connectivity index (χ0) is 14.9. The zero-order valence-corrected chi connectivity index (χ0v) is 10.2. The second kappa shape index (κ2) is 5.10. The third kappa shape index (κ3) is 2.89. The maximum atomic E-state index is 12.4. The number of halogens is 3. The van der Waals surface area contributed by atoms with Gasteiger partial charge >= 0.3 is 18.1 Å². The molecule has 0 aromatic carbocycles. The van der Waals surface area contributed by atoms with Crippen molar-refractivity contribution >= 4 is 11.9 Å². The van der Waals surface area contributed by atoms with Crippen molar-refractivity contribution in [1.82, 2.24) is 19.9 Å². The molecule has 0 bridgehead atoms. The maximum absolute atomic E-state index is 12.4. The number of nitrogens with zero attached hydrogens (tertiary/aromatic N) is 4. The molecule has 1 aliphatic rings. The van der Waals surface area contributed by atoms with Gasteiger partial charge in [0.2, 0.25) is 0 Å². The van der Waals surface area contributed by atoms with Crippen LogP contribution >= 0.6 is 0 Å². The molecule has 2 rings (SSSR count). The Bertz CT molecular complexity index is 528. The zero-order valence-electron chi connectivity index (χ0n) is 10.2. The van der Waals surface area contributed by atoms with Gasteiger partial charge in [0, 0.05) is 6.54 Å². The van der Waals surface area contributed by atoms with Crippen molar-refractivity contribution in [3.05, 3.63) is 11.9 Å². The van der Waals surface area contributed by atoms with Crippen LogP contribution in [0.3, 0.4) is 0 Å². The predicted octanol–water partition coefficient (Wildman–Crippen LogP) is 0.530. The molecule has 0 radical (unpaired) electrons. The second-order valence-corrected chi connectivity index (χ2v) is 4.42. The first-order valence-corrected chi connectivity index (χ1v) is 5.80. The number of carbonyl (C=O) groups is 2. The summed E-state index contributed by atoms with van der Waals surface area (Å²) in [4.78, 5) is 22.6. The van der Waals surface area contributed by atoms with E-state index in [0.29, 0.717) is 12.8 Å². The largest absolute Gasteiger partial charge is 0.476 e. The van der Waals surface area contributed by atoms with E-state index in [2.05, 4.69) is 10.3 Å². The number of rotatable bonds is 3. The average Bonchev–Trinajstić information content (AvgIpc) is 2.96. The van der Waals surface area contributed by atoms with Gasteiger partial charge in [-0.3, -0.25) is 4.79 Å². The quantitative estimate of drug-likeness (QED) is 0.878. The summed E-state index contributed by atoms with van der Waals surface area (Å²) >= 11 is 0. The lowest BCUT2D eigenvalue weighted by atomic mass is 10.2. The fourth-order valence-electron chi connectivity index (χ4n) is 2.16. The van der Waals surface area contributed by atoms with Gasteiger partial charge in [0.15, 0.2) is 5.69 Å². The normalized spacial score (nSPS) is 19.4. The molecule has 2 heterocycles. The lowest BCUT2D eigenvalue weighted by molar-refractivity contribution is -0.186. The Balaban J connectivity index is 2.07. The summed E-state index contributed by atoms with van der Waals surface area (Å²) in [5.41, 5.74) is -0.295.